The lowest BCUT2D eigenvalue weighted by Crippen LogP contribution is -2.46. The Balaban J connectivity index is 1.43. The summed E-state index contributed by atoms with van der Waals surface area (Å²) in [5.74, 6) is 3.60. The standard InChI is InChI=1S/C21H25N5O4/c1-27-16-12-15(13-17(28-2)20(16)29-3)21-24-23-19(30-21)14-25-8-10-26(11-9-25)18-6-4-5-7-22-18/h4-7,12-13H,8-11,14H2,1-3H3. The van der Waals surface area contributed by atoms with Gasteiger partial charge in [0.25, 0.3) is 0 Å². The number of piperazine rings is 1. The summed E-state index contributed by atoms with van der Waals surface area (Å²) in [7, 11) is 4.72. The second kappa shape index (κ2) is 9.00. The Kier molecular flexibility index (Phi) is 5.99. The van der Waals surface area contributed by atoms with Gasteiger partial charge >= 0.3 is 0 Å². The minimum Gasteiger partial charge on any atom is -0.493 e. The van der Waals surface area contributed by atoms with Crippen molar-refractivity contribution < 1.29 is 18.6 Å². The van der Waals surface area contributed by atoms with Gasteiger partial charge in [0.15, 0.2) is 11.5 Å². The van der Waals surface area contributed by atoms with E-state index in [2.05, 4.69) is 25.0 Å². The molecule has 1 aliphatic heterocycles. The van der Waals surface area contributed by atoms with Gasteiger partial charge in [-0.2, -0.15) is 0 Å². The fraction of sp³-hybridized carbons (Fsp3) is 0.381. The summed E-state index contributed by atoms with van der Waals surface area (Å²) in [5, 5.41) is 8.43. The van der Waals surface area contributed by atoms with Crippen molar-refractivity contribution in [2.45, 2.75) is 6.54 Å². The van der Waals surface area contributed by atoms with E-state index in [1.54, 1.807) is 33.5 Å². The van der Waals surface area contributed by atoms with E-state index >= 15 is 0 Å². The fourth-order valence-corrected chi connectivity index (χ4v) is 3.51. The van der Waals surface area contributed by atoms with Crippen LogP contribution in [-0.4, -0.2) is 67.6 Å². The molecule has 0 N–H and O–H groups in total. The maximum atomic E-state index is 5.91. The van der Waals surface area contributed by atoms with Crippen LogP contribution >= 0.6 is 0 Å². The maximum absolute atomic E-state index is 5.91. The summed E-state index contributed by atoms with van der Waals surface area (Å²) >= 11 is 0. The highest BCUT2D eigenvalue weighted by Crippen LogP contribution is 2.40. The monoisotopic (exact) mass is 411 g/mol. The molecule has 0 saturated carbocycles. The van der Waals surface area contributed by atoms with Crippen molar-refractivity contribution in [1.29, 1.82) is 0 Å². The summed E-state index contributed by atoms with van der Waals surface area (Å²) in [6, 6.07) is 9.57. The van der Waals surface area contributed by atoms with Gasteiger partial charge in [-0.05, 0) is 24.3 Å². The number of hydrogen-bond acceptors (Lipinski definition) is 9. The van der Waals surface area contributed by atoms with Gasteiger partial charge in [0.05, 0.1) is 27.9 Å². The van der Waals surface area contributed by atoms with Gasteiger partial charge in [0, 0.05) is 37.9 Å². The first-order valence-corrected chi connectivity index (χ1v) is 9.73. The summed E-state index contributed by atoms with van der Waals surface area (Å²) in [6.45, 7) is 4.22. The van der Waals surface area contributed by atoms with Crippen LogP contribution in [0.2, 0.25) is 0 Å². The Hall–Kier alpha value is -3.33. The molecule has 1 aliphatic rings. The van der Waals surface area contributed by atoms with Gasteiger partial charge in [0.1, 0.15) is 5.82 Å². The Morgan fingerprint density at radius 1 is 0.933 bits per heavy atom. The number of methoxy groups -OCH3 is 3. The summed E-state index contributed by atoms with van der Waals surface area (Å²) in [6.07, 6.45) is 1.82. The third-order valence-corrected chi connectivity index (χ3v) is 5.08. The molecule has 0 radical (unpaired) electrons. The van der Waals surface area contributed by atoms with Crippen molar-refractivity contribution in [2.75, 3.05) is 52.4 Å². The first kappa shape index (κ1) is 20.0. The first-order valence-electron chi connectivity index (χ1n) is 9.73. The predicted molar refractivity (Wildman–Crippen MR) is 111 cm³/mol. The minimum absolute atomic E-state index is 0.413. The fourth-order valence-electron chi connectivity index (χ4n) is 3.51. The molecule has 0 aliphatic carbocycles. The van der Waals surface area contributed by atoms with Crippen LogP contribution in [0.5, 0.6) is 17.2 Å². The van der Waals surface area contributed by atoms with Crippen LogP contribution in [-0.2, 0) is 6.54 Å². The molecule has 30 heavy (non-hydrogen) atoms. The van der Waals surface area contributed by atoms with E-state index < -0.39 is 0 Å². The Bertz CT molecular complexity index is 946. The van der Waals surface area contributed by atoms with Gasteiger partial charge in [0.2, 0.25) is 17.5 Å². The van der Waals surface area contributed by atoms with Crippen LogP contribution in [0.1, 0.15) is 5.89 Å². The number of nitrogens with zero attached hydrogens (tertiary/aromatic N) is 5. The van der Waals surface area contributed by atoms with Crippen LogP contribution in [0, 0.1) is 0 Å². The van der Waals surface area contributed by atoms with Gasteiger partial charge in [-0.1, -0.05) is 6.07 Å². The van der Waals surface area contributed by atoms with E-state index in [0.29, 0.717) is 41.1 Å². The Labute approximate surface area is 175 Å². The maximum Gasteiger partial charge on any atom is 0.248 e. The zero-order valence-electron chi connectivity index (χ0n) is 17.4. The summed E-state index contributed by atoms with van der Waals surface area (Å²) in [5.41, 5.74) is 0.711. The summed E-state index contributed by atoms with van der Waals surface area (Å²) in [4.78, 5) is 9.01. The largest absolute Gasteiger partial charge is 0.493 e. The van der Waals surface area contributed by atoms with Gasteiger partial charge in [-0.3, -0.25) is 4.90 Å². The minimum atomic E-state index is 0.413. The second-order valence-corrected chi connectivity index (χ2v) is 6.87. The molecular formula is C21H25N5O4. The van der Waals surface area contributed by atoms with E-state index in [1.807, 2.05) is 24.4 Å². The molecule has 9 heteroatoms. The van der Waals surface area contributed by atoms with E-state index in [0.717, 1.165) is 32.0 Å². The topological polar surface area (TPSA) is 86.0 Å². The number of pyridine rings is 1. The van der Waals surface area contributed by atoms with E-state index in [-0.39, 0.29) is 0 Å². The van der Waals surface area contributed by atoms with Crippen molar-refractivity contribution in [1.82, 2.24) is 20.1 Å². The molecule has 0 atom stereocenters. The number of anilines is 1. The Morgan fingerprint density at radius 3 is 2.27 bits per heavy atom. The van der Waals surface area contributed by atoms with Crippen molar-refractivity contribution in [2.24, 2.45) is 0 Å². The lowest BCUT2D eigenvalue weighted by atomic mass is 10.2. The predicted octanol–water partition coefficient (Wildman–Crippen LogP) is 2.48. The molecule has 1 aromatic carbocycles. The normalized spacial score (nSPS) is 14.6. The molecule has 0 unspecified atom stereocenters. The van der Waals surface area contributed by atoms with Gasteiger partial charge < -0.3 is 23.5 Å². The molecule has 0 amide bonds. The quantitative estimate of drug-likeness (QED) is 0.582. The second-order valence-electron chi connectivity index (χ2n) is 6.87. The van der Waals surface area contributed by atoms with Gasteiger partial charge in [-0.15, -0.1) is 10.2 Å². The zero-order valence-corrected chi connectivity index (χ0v) is 17.4. The zero-order chi connectivity index (χ0) is 20.9. The van der Waals surface area contributed by atoms with Crippen molar-refractivity contribution in [3.63, 3.8) is 0 Å². The third-order valence-electron chi connectivity index (χ3n) is 5.08. The molecule has 2 aromatic heterocycles. The molecule has 158 valence electrons. The average Bonchev–Trinajstić information content (AvgIpc) is 3.27. The molecule has 1 saturated heterocycles. The van der Waals surface area contributed by atoms with Crippen molar-refractivity contribution in [3.05, 3.63) is 42.4 Å². The molecule has 1 fully saturated rings. The van der Waals surface area contributed by atoms with Crippen LogP contribution in [0.25, 0.3) is 11.5 Å². The molecule has 3 aromatic rings. The van der Waals surface area contributed by atoms with Crippen molar-refractivity contribution >= 4 is 5.82 Å². The smallest absolute Gasteiger partial charge is 0.248 e. The summed E-state index contributed by atoms with van der Waals surface area (Å²) < 4.78 is 22.1. The SMILES string of the molecule is COc1cc(-c2nnc(CN3CCN(c4ccccn4)CC3)o2)cc(OC)c1OC. The highest BCUT2D eigenvalue weighted by molar-refractivity contribution is 5.65. The molecule has 3 heterocycles. The molecule has 0 spiro atoms. The highest BCUT2D eigenvalue weighted by Gasteiger charge is 2.21. The molecule has 9 nitrogen and oxygen atoms in total. The number of ether oxygens (including phenoxy) is 3. The first-order chi connectivity index (χ1) is 14.7. The van der Waals surface area contributed by atoms with Crippen LogP contribution in [0.4, 0.5) is 5.82 Å². The lowest BCUT2D eigenvalue weighted by Gasteiger charge is -2.34. The molecular weight excluding hydrogens is 386 g/mol. The van der Waals surface area contributed by atoms with E-state index in [1.165, 1.54) is 0 Å². The highest BCUT2D eigenvalue weighted by atomic mass is 16.5. The van der Waals surface area contributed by atoms with Gasteiger partial charge in [-0.25, -0.2) is 4.98 Å². The van der Waals surface area contributed by atoms with Crippen LogP contribution in [0.3, 0.4) is 0 Å². The van der Waals surface area contributed by atoms with Crippen LogP contribution < -0.4 is 19.1 Å². The number of rotatable bonds is 7. The third kappa shape index (κ3) is 4.16. The number of benzene rings is 1. The number of aromatic nitrogens is 3. The average molecular weight is 411 g/mol. The lowest BCUT2D eigenvalue weighted by molar-refractivity contribution is 0.226. The van der Waals surface area contributed by atoms with E-state index in [9.17, 15) is 0 Å². The Morgan fingerprint density at radius 2 is 1.67 bits per heavy atom. The van der Waals surface area contributed by atoms with Crippen LogP contribution in [0.15, 0.2) is 40.9 Å². The van der Waals surface area contributed by atoms with Crippen molar-refractivity contribution in [3.8, 4) is 28.7 Å². The molecule has 4 rings (SSSR count). The number of hydrogen-bond donors (Lipinski definition) is 0. The van der Waals surface area contributed by atoms with E-state index in [4.69, 9.17) is 18.6 Å². The molecule has 0 bridgehead atoms.